The highest BCUT2D eigenvalue weighted by molar-refractivity contribution is 14.0. The maximum atomic E-state index is 11.8. The van der Waals surface area contributed by atoms with E-state index in [1.54, 1.807) is 33.2 Å². The highest BCUT2D eigenvalue weighted by atomic mass is 127. The van der Waals surface area contributed by atoms with Crippen LogP contribution in [0.3, 0.4) is 0 Å². The van der Waals surface area contributed by atoms with E-state index < -0.39 is 0 Å². The van der Waals surface area contributed by atoms with Gasteiger partial charge in [0.15, 0.2) is 5.96 Å². The van der Waals surface area contributed by atoms with Gasteiger partial charge in [0.25, 0.3) is 0 Å². The van der Waals surface area contributed by atoms with Gasteiger partial charge in [0.1, 0.15) is 6.54 Å². The first-order valence-corrected chi connectivity index (χ1v) is 8.91. The first-order valence-electron chi connectivity index (χ1n) is 8.91. The predicted molar refractivity (Wildman–Crippen MR) is 113 cm³/mol. The average Bonchev–Trinajstić information content (AvgIpc) is 2.62. The summed E-state index contributed by atoms with van der Waals surface area (Å²) in [5, 5.41) is 3.28. The molecular weight excluding hydrogens is 451 g/mol. The van der Waals surface area contributed by atoms with Gasteiger partial charge in [-0.1, -0.05) is 0 Å². The molecule has 1 aliphatic heterocycles. The number of hydrogen-bond acceptors (Lipinski definition) is 5. The molecule has 0 bridgehead atoms. The number of nitrogens with zero attached hydrogens (tertiary/aromatic N) is 3. The number of rotatable bonds is 10. The van der Waals surface area contributed by atoms with Crippen LogP contribution in [0.1, 0.15) is 19.3 Å². The Hall–Kier alpha value is -0.650. The molecule has 1 rings (SSSR count). The number of piperidine rings is 1. The summed E-state index contributed by atoms with van der Waals surface area (Å²) in [6.07, 6.45) is 3.13. The van der Waals surface area contributed by atoms with E-state index in [1.165, 1.54) is 0 Å². The van der Waals surface area contributed by atoms with Gasteiger partial charge in [-0.2, -0.15) is 0 Å². The third-order valence-electron chi connectivity index (χ3n) is 4.04. The Kier molecular flexibility index (Phi) is 15.0. The van der Waals surface area contributed by atoms with Gasteiger partial charge in [-0.25, -0.2) is 4.99 Å². The van der Waals surface area contributed by atoms with E-state index in [1.807, 2.05) is 0 Å². The lowest BCUT2D eigenvalue weighted by atomic mass is 10.1. The molecule has 26 heavy (non-hydrogen) atoms. The summed E-state index contributed by atoms with van der Waals surface area (Å²) >= 11 is 0. The second kappa shape index (κ2) is 15.4. The van der Waals surface area contributed by atoms with Crippen molar-refractivity contribution in [1.29, 1.82) is 0 Å². The van der Waals surface area contributed by atoms with Gasteiger partial charge in [0.2, 0.25) is 5.91 Å². The zero-order chi connectivity index (χ0) is 18.5. The SMILES string of the molecule is COCCCOC1CCN(C(=NCC(=O)N(C)C)NCCOC)CC1.I. The molecule has 1 fully saturated rings. The monoisotopic (exact) mass is 486 g/mol. The van der Waals surface area contributed by atoms with Crippen LogP contribution in [0.4, 0.5) is 0 Å². The minimum Gasteiger partial charge on any atom is -0.385 e. The molecule has 0 saturated carbocycles. The topological polar surface area (TPSA) is 75.6 Å². The number of methoxy groups -OCH3 is 2. The second-order valence-corrected chi connectivity index (χ2v) is 6.25. The molecule has 0 radical (unpaired) electrons. The molecule has 0 aromatic heterocycles. The lowest BCUT2D eigenvalue weighted by molar-refractivity contribution is -0.127. The molecule has 1 amide bonds. The Morgan fingerprint density at radius 2 is 1.81 bits per heavy atom. The van der Waals surface area contributed by atoms with E-state index in [-0.39, 0.29) is 42.5 Å². The number of amides is 1. The van der Waals surface area contributed by atoms with Gasteiger partial charge in [0.05, 0.1) is 12.7 Å². The summed E-state index contributed by atoms with van der Waals surface area (Å²) in [7, 11) is 6.85. The molecule has 0 aromatic carbocycles. The molecule has 154 valence electrons. The standard InChI is InChI=1S/C17H34N4O4.HI/c1-20(2)16(22)14-19-17(18-8-13-24-4)21-9-6-15(7-10-21)25-12-5-11-23-3;/h15H,5-14H2,1-4H3,(H,18,19);1H. The number of likely N-dealkylation sites (tertiary alicyclic amines) is 1. The van der Waals surface area contributed by atoms with E-state index in [4.69, 9.17) is 14.2 Å². The van der Waals surface area contributed by atoms with Crippen LogP contribution in [0.5, 0.6) is 0 Å². The van der Waals surface area contributed by atoms with Crippen molar-refractivity contribution in [2.75, 3.05) is 74.3 Å². The Balaban J connectivity index is 0.00000625. The molecule has 0 aliphatic carbocycles. The quantitative estimate of drug-likeness (QED) is 0.213. The maximum absolute atomic E-state index is 11.8. The van der Waals surface area contributed by atoms with Crippen LogP contribution in [0.2, 0.25) is 0 Å². The Morgan fingerprint density at radius 3 is 2.38 bits per heavy atom. The molecule has 1 N–H and O–H groups in total. The number of halogens is 1. The van der Waals surface area contributed by atoms with Gasteiger partial charge < -0.3 is 29.3 Å². The zero-order valence-electron chi connectivity index (χ0n) is 16.5. The fraction of sp³-hybridized carbons (Fsp3) is 0.882. The third kappa shape index (κ3) is 10.5. The van der Waals surface area contributed by atoms with E-state index >= 15 is 0 Å². The fourth-order valence-electron chi connectivity index (χ4n) is 2.50. The van der Waals surface area contributed by atoms with Crippen molar-refractivity contribution >= 4 is 35.8 Å². The number of aliphatic imine (C=N–C) groups is 1. The molecule has 1 heterocycles. The number of guanidine groups is 1. The first-order chi connectivity index (χ1) is 12.1. The van der Waals surface area contributed by atoms with Crippen LogP contribution in [-0.2, 0) is 19.0 Å². The number of carbonyl (C=O) groups excluding carboxylic acids is 1. The van der Waals surface area contributed by atoms with Gasteiger partial charge in [-0.3, -0.25) is 4.79 Å². The van der Waals surface area contributed by atoms with Crippen LogP contribution < -0.4 is 5.32 Å². The van der Waals surface area contributed by atoms with Crippen molar-refractivity contribution in [1.82, 2.24) is 15.1 Å². The van der Waals surface area contributed by atoms with Crippen LogP contribution in [0, 0.1) is 0 Å². The zero-order valence-corrected chi connectivity index (χ0v) is 18.9. The van der Waals surface area contributed by atoms with Crippen molar-refractivity contribution < 1.29 is 19.0 Å². The number of ether oxygens (including phenoxy) is 3. The number of nitrogens with one attached hydrogen (secondary N) is 1. The lowest BCUT2D eigenvalue weighted by Gasteiger charge is -2.34. The summed E-state index contributed by atoms with van der Waals surface area (Å²) in [5.74, 6) is 0.757. The fourth-order valence-corrected chi connectivity index (χ4v) is 2.50. The molecule has 0 atom stereocenters. The largest absolute Gasteiger partial charge is 0.385 e. The van der Waals surface area contributed by atoms with Gasteiger partial charge in [0, 0.05) is 61.2 Å². The molecule has 1 saturated heterocycles. The van der Waals surface area contributed by atoms with Crippen molar-refractivity contribution in [2.45, 2.75) is 25.4 Å². The van der Waals surface area contributed by atoms with E-state index in [2.05, 4.69) is 15.2 Å². The number of likely N-dealkylation sites (N-methyl/N-ethyl adjacent to an activating group) is 1. The Bertz CT molecular complexity index is 402. The van der Waals surface area contributed by atoms with E-state index in [0.717, 1.165) is 51.5 Å². The second-order valence-electron chi connectivity index (χ2n) is 6.25. The summed E-state index contributed by atoms with van der Waals surface area (Å²) in [6.45, 7) is 4.62. The highest BCUT2D eigenvalue weighted by Gasteiger charge is 2.22. The molecule has 9 heteroatoms. The van der Waals surface area contributed by atoms with E-state index in [9.17, 15) is 4.79 Å². The molecular formula is C17H35IN4O4. The molecule has 0 unspecified atom stereocenters. The maximum Gasteiger partial charge on any atom is 0.243 e. The minimum atomic E-state index is -0.0117. The van der Waals surface area contributed by atoms with Crippen molar-refractivity contribution in [3.63, 3.8) is 0 Å². The molecule has 1 aliphatic rings. The first kappa shape index (κ1) is 25.4. The van der Waals surface area contributed by atoms with Crippen molar-refractivity contribution in [3.8, 4) is 0 Å². The van der Waals surface area contributed by atoms with Crippen molar-refractivity contribution in [3.05, 3.63) is 0 Å². The average molecular weight is 486 g/mol. The van der Waals surface area contributed by atoms with Gasteiger partial charge in [-0.15, -0.1) is 24.0 Å². The lowest BCUT2D eigenvalue weighted by Crippen LogP contribution is -2.48. The molecule has 8 nitrogen and oxygen atoms in total. The van der Waals surface area contributed by atoms with Crippen LogP contribution in [0.15, 0.2) is 4.99 Å². The number of carbonyl (C=O) groups is 1. The summed E-state index contributed by atoms with van der Waals surface area (Å²) in [6, 6.07) is 0. The highest BCUT2D eigenvalue weighted by Crippen LogP contribution is 2.14. The normalized spacial score (nSPS) is 15.5. The van der Waals surface area contributed by atoms with E-state index in [0.29, 0.717) is 13.2 Å². The summed E-state index contributed by atoms with van der Waals surface area (Å²) in [5.41, 5.74) is 0. The van der Waals surface area contributed by atoms with Crippen LogP contribution in [0.25, 0.3) is 0 Å². The summed E-state index contributed by atoms with van der Waals surface area (Å²) < 4.78 is 16.0. The predicted octanol–water partition coefficient (Wildman–Crippen LogP) is 0.802. The smallest absolute Gasteiger partial charge is 0.243 e. The minimum absolute atomic E-state index is 0. The number of hydrogen-bond donors (Lipinski definition) is 1. The third-order valence-corrected chi connectivity index (χ3v) is 4.04. The Morgan fingerprint density at radius 1 is 1.15 bits per heavy atom. The van der Waals surface area contributed by atoms with Crippen molar-refractivity contribution in [2.24, 2.45) is 4.99 Å². The summed E-state index contributed by atoms with van der Waals surface area (Å²) in [4.78, 5) is 20.0. The van der Waals surface area contributed by atoms with Gasteiger partial charge >= 0.3 is 0 Å². The Labute approximate surface area is 174 Å². The molecule has 0 aromatic rings. The van der Waals surface area contributed by atoms with Crippen LogP contribution >= 0.6 is 24.0 Å². The molecule has 0 spiro atoms. The van der Waals surface area contributed by atoms with Gasteiger partial charge in [-0.05, 0) is 19.3 Å². The van der Waals surface area contributed by atoms with Crippen LogP contribution in [-0.4, -0.2) is 102 Å².